The van der Waals surface area contributed by atoms with E-state index in [1.165, 1.54) is 6.08 Å². The van der Waals surface area contributed by atoms with Gasteiger partial charge < -0.3 is 16.4 Å². The van der Waals surface area contributed by atoms with Gasteiger partial charge in [-0.3, -0.25) is 9.59 Å². The third-order valence-electron chi connectivity index (χ3n) is 5.53. The zero-order valence-electron chi connectivity index (χ0n) is 22.1. The van der Waals surface area contributed by atoms with E-state index in [0.717, 1.165) is 38.1 Å². The molecule has 17 heteroatoms. The van der Waals surface area contributed by atoms with Gasteiger partial charge in [0.1, 0.15) is 5.56 Å². The van der Waals surface area contributed by atoms with Gasteiger partial charge in [0.25, 0.3) is 5.56 Å². The number of aldehydes is 1. The van der Waals surface area contributed by atoms with Gasteiger partial charge in [-0.15, -0.1) is 0 Å². The van der Waals surface area contributed by atoms with E-state index in [1.54, 1.807) is 18.3 Å². The lowest BCUT2D eigenvalue weighted by molar-refractivity contribution is -0.140. The highest BCUT2D eigenvalue weighted by molar-refractivity contribution is 5.84. The fraction of sp³-hybridized carbons (Fsp3) is 0.320. The predicted molar refractivity (Wildman–Crippen MR) is 138 cm³/mol. The molecule has 1 aromatic carbocycles. The highest BCUT2D eigenvalue weighted by Crippen LogP contribution is 2.34. The molecule has 0 atom stereocenters. The molecule has 0 spiro atoms. The molecule has 5 N–H and O–H groups in total. The van der Waals surface area contributed by atoms with E-state index in [9.17, 15) is 44.7 Å². The van der Waals surface area contributed by atoms with E-state index in [0.29, 0.717) is 6.20 Å². The number of aromatic amines is 1. The second-order valence-corrected chi connectivity index (χ2v) is 8.69. The Bertz CT molecular complexity index is 1490. The molecule has 3 aromatic rings. The van der Waals surface area contributed by atoms with Crippen molar-refractivity contribution in [1.29, 1.82) is 0 Å². The van der Waals surface area contributed by atoms with Crippen LogP contribution in [0.2, 0.25) is 0 Å². The summed E-state index contributed by atoms with van der Waals surface area (Å²) in [5.41, 5.74) is 4.05. The van der Waals surface area contributed by atoms with Crippen LogP contribution in [0.25, 0.3) is 17.3 Å². The molecule has 0 fully saturated rings. The summed E-state index contributed by atoms with van der Waals surface area (Å²) in [6.45, 7) is 2.78. The molecular formula is C25H25F8N7O2. The lowest BCUT2D eigenvalue weighted by Gasteiger charge is -2.14. The van der Waals surface area contributed by atoms with Crippen LogP contribution in [0.15, 0.2) is 29.5 Å². The molecule has 0 radical (unpaired) electrons. The Kier molecular flexibility index (Phi) is 11.1. The highest BCUT2D eigenvalue weighted by Gasteiger charge is 2.37. The number of anilines is 2. The van der Waals surface area contributed by atoms with Crippen LogP contribution in [-0.4, -0.2) is 44.9 Å². The lowest BCUT2D eigenvalue weighted by atomic mass is 10.0. The summed E-state index contributed by atoms with van der Waals surface area (Å²) in [5.74, 6) is -3.83. The standard InChI is InChI=1S/C20H21F5N4O.C5H4F3N3O/c1-3-4-5-7-29(2)8-6-12-9-13(16(21)17(22)14(12)11-30)15-10-27-18(19(26)28-15)20(23,24)25;6-5(7,8)3-2(9)1-10-11-4(3)12/h6,8-11H,3-5,7H2,1-2H3,(H2,26,28);1H,(H3,9,11,12)/b8-6-;. The minimum absolute atomic E-state index is 0.0431. The van der Waals surface area contributed by atoms with Gasteiger partial charge in [0, 0.05) is 19.2 Å². The highest BCUT2D eigenvalue weighted by atomic mass is 19.4. The van der Waals surface area contributed by atoms with Crippen LogP contribution in [0.3, 0.4) is 0 Å². The van der Waals surface area contributed by atoms with Crippen molar-refractivity contribution < 1.29 is 39.9 Å². The quantitative estimate of drug-likeness (QED) is 0.178. The van der Waals surface area contributed by atoms with Crippen LogP contribution >= 0.6 is 0 Å². The first-order valence-corrected chi connectivity index (χ1v) is 12.0. The summed E-state index contributed by atoms with van der Waals surface area (Å²) < 4.78 is 103. The maximum absolute atomic E-state index is 14.5. The number of halogens is 8. The molecule has 0 saturated carbocycles. The maximum Gasteiger partial charge on any atom is 0.437 e. The fourth-order valence-electron chi connectivity index (χ4n) is 3.45. The number of carbonyl (C=O) groups excluding carboxylic acids is 1. The topological polar surface area (TPSA) is 144 Å². The molecule has 42 heavy (non-hydrogen) atoms. The van der Waals surface area contributed by atoms with Crippen LogP contribution in [0.5, 0.6) is 0 Å². The Morgan fingerprint density at radius 1 is 1.02 bits per heavy atom. The van der Waals surface area contributed by atoms with Gasteiger partial charge >= 0.3 is 12.4 Å². The number of hydrogen-bond donors (Lipinski definition) is 3. The smallest absolute Gasteiger partial charge is 0.397 e. The molecule has 0 bridgehead atoms. The van der Waals surface area contributed by atoms with Crippen LogP contribution in [0.1, 0.15) is 53.4 Å². The number of aromatic nitrogens is 4. The number of nitrogens with two attached hydrogens (primary N) is 2. The third-order valence-corrected chi connectivity index (χ3v) is 5.53. The minimum Gasteiger partial charge on any atom is -0.397 e. The van der Waals surface area contributed by atoms with Crippen LogP contribution in [0, 0.1) is 11.6 Å². The molecule has 0 amide bonds. The first-order chi connectivity index (χ1) is 19.5. The number of hydrogen-bond acceptors (Lipinski definition) is 8. The fourth-order valence-corrected chi connectivity index (χ4v) is 3.45. The molecular weight excluding hydrogens is 582 g/mol. The molecule has 2 aromatic heterocycles. The molecule has 228 valence electrons. The Balaban J connectivity index is 0.000000428. The third kappa shape index (κ3) is 8.47. The number of nitrogens with zero attached hydrogens (tertiary/aromatic N) is 4. The lowest BCUT2D eigenvalue weighted by Crippen LogP contribution is -2.24. The van der Waals surface area contributed by atoms with Crippen molar-refractivity contribution in [2.45, 2.75) is 38.5 Å². The van der Waals surface area contributed by atoms with E-state index in [-0.39, 0.29) is 17.5 Å². The molecule has 0 aliphatic rings. The van der Waals surface area contributed by atoms with Crippen molar-refractivity contribution in [2.75, 3.05) is 25.1 Å². The van der Waals surface area contributed by atoms with Crippen molar-refractivity contribution in [3.8, 4) is 11.3 Å². The molecule has 0 unspecified atom stereocenters. The summed E-state index contributed by atoms with van der Waals surface area (Å²) in [6.07, 6.45) is -1.98. The van der Waals surface area contributed by atoms with E-state index in [2.05, 4.69) is 22.0 Å². The number of benzene rings is 1. The van der Waals surface area contributed by atoms with Crippen molar-refractivity contribution >= 4 is 23.9 Å². The van der Waals surface area contributed by atoms with Gasteiger partial charge in [-0.2, -0.15) is 31.4 Å². The molecule has 0 saturated heterocycles. The van der Waals surface area contributed by atoms with Gasteiger partial charge in [-0.05, 0) is 30.3 Å². The van der Waals surface area contributed by atoms with Crippen molar-refractivity contribution in [1.82, 2.24) is 25.1 Å². The van der Waals surface area contributed by atoms with E-state index in [1.807, 2.05) is 4.90 Å². The molecule has 0 aliphatic carbocycles. The second kappa shape index (κ2) is 13.9. The predicted octanol–water partition coefficient (Wildman–Crippen LogP) is 5.30. The largest absolute Gasteiger partial charge is 0.437 e. The summed E-state index contributed by atoms with van der Waals surface area (Å²) in [7, 11) is 1.79. The van der Waals surface area contributed by atoms with Gasteiger partial charge in [0.15, 0.2) is 29.4 Å². The van der Waals surface area contributed by atoms with E-state index < -0.39 is 63.4 Å². The Labute approximate surface area is 233 Å². The number of nitrogen functional groups attached to an aromatic ring is 2. The summed E-state index contributed by atoms with van der Waals surface area (Å²) >= 11 is 0. The first-order valence-electron chi connectivity index (χ1n) is 12.0. The SMILES string of the molecule is CCCCCN(C)/C=C\c1cc(-c2cnc(C(F)(F)F)c(N)n2)c(F)c(F)c1C=O.Nc1cn[nH]c(=O)c1C(F)(F)F. The van der Waals surface area contributed by atoms with Crippen molar-refractivity contribution in [3.05, 3.63) is 69.0 Å². The summed E-state index contributed by atoms with van der Waals surface area (Å²) in [5, 5.41) is 4.74. The van der Waals surface area contributed by atoms with Crippen LogP contribution in [-0.2, 0) is 12.4 Å². The van der Waals surface area contributed by atoms with Crippen molar-refractivity contribution in [2.24, 2.45) is 0 Å². The molecule has 9 nitrogen and oxygen atoms in total. The minimum atomic E-state index is -4.84. The van der Waals surface area contributed by atoms with Gasteiger partial charge in [-0.1, -0.05) is 19.8 Å². The number of alkyl halides is 6. The second-order valence-electron chi connectivity index (χ2n) is 8.69. The van der Waals surface area contributed by atoms with Crippen molar-refractivity contribution in [3.63, 3.8) is 0 Å². The number of nitrogens with one attached hydrogen (secondary N) is 1. The van der Waals surface area contributed by atoms with Gasteiger partial charge in [0.05, 0.1) is 29.3 Å². The van der Waals surface area contributed by atoms with Crippen LogP contribution in [0.4, 0.5) is 46.6 Å². The zero-order chi connectivity index (χ0) is 31.8. The average Bonchev–Trinajstić information content (AvgIpc) is 2.88. The average molecular weight is 608 g/mol. The normalized spacial score (nSPS) is 11.8. The monoisotopic (exact) mass is 607 g/mol. The Morgan fingerprint density at radius 3 is 2.19 bits per heavy atom. The number of unbranched alkanes of at least 4 members (excludes halogenated alkanes) is 2. The zero-order valence-corrected chi connectivity index (χ0v) is 22.1. The Hall–Kier alpha value is -4.57. The van der Waals surface area contributed by atoms with E-state index >= 15 is 0 Å². The van der Waals surface area contributed by atoms with Gasteiger partial charge in [0.2, 0.25) is 0 Å². The molecule has 2 heterocycles. The summed E-state index contributed by atoms with van der Waals surface area (Å²) in [6, 6.07) is 1.12. The van der Waals surface area contributed by atoms with E-state index in [4.69, 9.17) is 11.5 Å². The number of H-pyrrole nitrogens is 1. The molecule has 0 aliphatic heterocycles. The molecule has 3 rings (SSSR count). The van der Waals surface area contributed by atoms with Gasteiger partial charge in [-0.25, -0.2) is 23.8 Å². The number of rotatable bonds is 8. The Morgan fingerprint density at radius 2 is 1.69 bits per heavy atom. The van der Waals surface area contributed by atoms with Crippen LogP contribution < -0.4 is 17.0 Å². The summed E-state index contributed by atoms with van der Waals surface area (Å²) in [4.78, 5) is 30.4. The first kappa shape index (κ1) is 33.6. The maximum atomic E-state index is 14.5. The number of carbonyl (C=O) groups is 1.